The van der Waals surface area contributed by atoms with E-state index in [0.717, 1.165) is 107 Å². The molecule has 15 heteroatoms. The zero-order valence-electron chi connectivity index (χ0n) is 59.9. The van der Waals surface area contributed by atoms with Crippen LogP contribution in [0.15, 0.2) is 0 Å². The fourth-order valence-electron chi connectivity index (χ4n) is 27.0. The molecular formula is C76H138N6O6Si3. The van der Waals surface area contributed by atoms with Gasteiger partial charge in [-0.2, -0.15) is 0 Å². The third-order valence-corrected chi connectivity index (χ3v) is 41.6. The number of fused-ring (bicyclic) bond motifs is 12. The van der Waals surface area contributed by atoms with Crippen molar-refractivity contribution in [1.29, 1.82) is 0 Å². The van der Waals surface area contributed by atoms with Gasteiger partial charge in [-0.25, -0.2) is 0 Å². The zero-order chi connectivity index (χ0) is 62.4. The van der Waals surface area contributed by atoms with E-state index in [1.165, 1.54) is 296 Å². The van der Waals surface area contributed by atoms with Crippen LogP contribution in [0.1, 0.15) is 284 Å². The molecule has 0 aromatic rings. The van der Waals surface area contributed by atoms with Gasteiger partial charge in [0.25, 0.3) is 0 Å². The van der Waals surface area contributed by atoms with Gasteiger partial charge < -0.3 is 26.6 Å². The SMILES string of the molecule is CO[Si](OC)(N1C2CCCCC2C2CCCCC21)N1C2CCCCC2C2CCCCC21.CO[Si](OC)(N1C2CCCCC2CC2CCCCC21)N1C2CCCCC2CC2CCCCC21.CO[Si](OC)(N1CCC2CC(C)CCC2C1)N1CCC2CC(C)CCC2C1. The van der Waals surface area contributed by atoms with Crippen LogP contribution in [0.4, 0.5) is 0 Å². The third kappa shape index (κ3) is 12.8. The Labute approximate surface area is 561 Å². The first-order chi connectivity index (χ1) is 44.6. The Bertz CT molecular complexity index is 2070. The monoisotopic (exact) mass is 1310 g/mol. The minimum absolute atomic E-state index is 0.704. The molecule has 0 radical (unpaired) electrons. The topological polar surface area (TPSA) is 74.8 Å². The van der Waals surface area contributed by atoms with E-state index in [0.29, 0.717) is 24.2 Å². The molecule has 0 amide bonds. The van der Waals surface area contributed by atoms with Crippen LogP contribution in [0.25, 0.3) is 0 Å². The Morgan fingerprint density at radius 1 is 0.231 bits per heavy atom. The van der Waals surface area contributed by atoms with Crippen molar-refractivity contribution < 1.29 is 26.6 Å². The molecule has 0 aromatic carbocycles. The van der Waals surface area contributed by atoms with E-state index in [4.69, 9.17) is 26.6 Å². The van der Waals surface area contributed by atoms with Gasteiger partial charge >= 0.3 is 26.7 Å². The molecule has 6 saturated heterocycles. The van der Waals surface area contributed by atoms with Crippen LogP contribution in [0.5, 0.6) is 0 Å². The molecule has 6 heterocycles. The van der Waals surface area contributed by atoms with E-state index in [-0.39, 0.29) is 0 Å². The quantitative estimate of drug-likeness (QED) is 0.175. The maximum absolute atomic E-state index is 6.93. The highest BCUT2D eigenvalue weighted by Crippen LogP contribution is 2.58. The summed E-state index contributed by atoms with van der Waals surface area (Å²) in [5, 5.41) is 0. The van der Waals surface area contributed by atoms with E-state index < -0.39 is 26.7 Å². The van der Waals surface area contributed by atoms with Gasteiger partial charge in [0, 0.05) is 91.0 Å². The minimum atomic E-state index is -2.71. The Morgan fingerprint density at radius 2 is 0.484 bits per heavy atom. The van der Waals surface area contributed by atoms with E-state index >= 15 is 0 Å². The summed E-state index contributed by atoms with van der Waals surface area (Å²) in [7, 11) is 4.16. The molecular weight excluding hydrogens is 1180 g/mol. The van der Waals surface area contributed by atoms with Gasteiger partial charge in [-0.05, 0) is 263 Å². The summed E-state index contributed by atoms with van der Waals surface area (Å²) in [6, 6.07) is 5.70. The minimum Gasteiger partial charge on any atom is -0.374 e. The number of nitrogens with zero attached hydrogens (tertiary/aromatic N) is 6. The fraction of sp³-hybridized carbons (Fsp3) is 1.00. The maximum Gasteiger partial charge on any atom is 0.522 e. The average Bonchev–Trinajstić information content (AvgIpc) is 1.06. The average molecular weight is 1320 g/mol. The summed E-state index contributed by atoms with van der Waals surface area (Å²) < 4.78 is 57.6. The first-order valence-electron chi connectivity index (χ1n) is 40.6. The summed E-state index contributed by atoms with van der Waals surface area (Å²) in [6.07, 6.45) is 59.7. The van der Waals surface area contributed by atoms with Gasteiger partial charge in [-0.1, -0.05) is 129 Å². The van der Waals surface area contributed by atoms with E-state index in [2.05, 4.69) is 41.2 Å². The molecule has 16 rings (SSSR count). The highest BCUT2D eigenvalue weighted by Gasteiger charge is 2.70. The molecule has 16 fully saturated rings. The normalized spacial score (nSPS) is 44.4. The van der Waals surface area contributed by atoms with Crippen LogP contribution < -0.4 is 0 Å². The molecule has 6 aliphatic heterocycles. The van der Waals surface area contributed by atoms with Crippen molar-refractivity contribution in [2.24, 2.45) is 82.9 Å². The van der Waals surface area contributed by atoms with Crippen molar-refractivity contribution in [3.63, 3.8) is 0 Å². The lowest BCUT2D eigenvalue weighted by molar-refractivity contribution is -0.0839. The van der Waals surface area contributed by atoms with Crippen LogP contribution >= 0.6 is 0 Å². The standard InChI is InChI=1S/C28H50N2O2Si.C26H46N2O2Si.C22H42N2O2Si/c1-31-33(32-2,29-25-15-7-3-11-21(25)19-22-12-4-8-16-26(22)29)30-27-17-9-5-13-23(27)20-24-14-6-10-18-28(24)30;1-29-31(30-2,27-23-15-7-3-11-19(23)20-12-4-8-16-24(20)27)28-25-17-9-5-13-21(25)22-14-6-10-18-26(22)28;1-17-5-7-21-15-23(11-9-19(21)13-17)27(25-3,26-4)24-12-10-20-14-18(2)6-8-22(20)16-24/h21-28H,3-20H2,1-2H3;19-26H,3-18H2,1-2H3;17-22H,5-16H2,1-4H3. The lowest BCUT2D eigenvalue weighted by Crippen LogP contribution is -2.81. The Morgan fingerprint density at radius 3 is 0.769 bits per heavy atom. The highest BCUT2D eigenvalue weighted by molar-refractivity contribution is 6.62. The third-order valence-electron chi connectivity index (χ3n) is 30.7. The lowest BCUT2D eigenvalue weighted by Gasteiger charge is -2.64. The van der Waals surface area contributed by atoms with Crippen molar-refractivity contribution >= 4 is 26.7 Å². The second-order valence-corrected chi connectivity index (χ2v) is 43.9. The molecule has 10 saturated carbocycles. The largest absolute Gasteiger partial charge is 0.522 e. The van der Waals surface area contributed by atoms with E-state index in [1.54, 1.807) is 0 Å². The predicted molar refractivity (Wildman–Crippen MR) is 374 cm³/mol. The smallest absolute Gasteiger partial charge is 0.374 e. The van der Waals surface area contributed by atoms with Crippen molar-refractivity contribution in [3.05, 3.63) is 0 Å². The summed E-state index contributed by atoms with van der Waals surface area (Å²) in [6.45, 7) is 9.63. The zero-order valence-corrected chi connectivity index (χ0v) is 62.9. The molecule has 22 atom stereocenters. The van der Waals surface area contributed by atoms with Gasteiger partial charge in [0.2, 0.25) is 0 Å². The maximum atomic E-state index is 6.93. The summed E-state index contributed by atoms with van der Waals surface area (Å²) in [5.74, 6) is 12.6. The molecule has 0 N–H and O–H groups in total. The molecule has 91 heavy (non-hydrogen) atoms. The van der Waals surface area contributed by atoms with Gasteiger partial charge in [-0.15, -0.1) is 0 Å². The van der Waals surface area contributed by atoms with Gasteiger partial charge in [0.15, 0.2) is 0 Å². The number of piperidine rings is 4. The fourth-order valence-corrected chi connectivity index (χ4v) is 38.9. The van der Waals surface area contributed by atoms with Crippen LogP contribution in [-0.4, -0.2) is 171 Å². The van der Waals surface area contributed by atoms with Crippen molar-refractivity contribution in [1.82, 2.24) is 27.4 Å². The molecule has 22 unspecified atom stereocenters. The van der Waals surface area contributed by atoms with Gasteiger partial charge in [0.1, 0.15) is 0 Å². The van der Waals surface area contributed by atoms with Crippen LogP contribution in [0, 0.1) is 82.9 Å². The van der Waals surface area contributed by atoms with Crippen LogP contribution in [0.3, 0.4) is 0 Å². The summed E-state index contributed by atoms with van der Waals surface area (Å²) in [5.41, 5.74) is 0. The van der Waals surface area contributed by atoms with Gasteiger partial charge in [-0.3, -0.25) is 27.4 Å². The molecule has 0 bridgehead atoms. The van der Waals surface area contributed by atoms with E-state index in [9.17, 15) is 0 Å². The second-order valence-electron chi connectivity index (χ2n) is 34.8. The molecule has 0 spiro atoms. The van der Waals surface area contributed by atoms with Gasteiger partial charge in [0.05, 0.1) is 0 Å². The second kappa shape index (κ2) is 30.2. The highest BCUT2D eigenvalue weighted by atomic mass is 28.4. The molecule has 0 aromatic heterocycles. The first-order valence-corrected chi connectivity index (χ1v) is 45.7. The molecule has 12 nitrogen and oxygen atoms in total. The number of hydrogen-bond donors (Lipinski definition) is 0. The van der Waals surface area contributed by atoms with E-state index in [1.807, 2.05) is 42.7 Å². The molecule has 16 aliphatic rings. The van der Waals surface area contributed by atoms with Crippen molar-refractivity contribution in [2.75, 3.05) is 68.8 Å². The summed E-state index contributed by atoms with van der Waals surface area (Å²) >= 11 is 0. The Kier molecular flexibility index (Phi) is 22.6. The van der Waals surface area contributed by atoms with Crippen LogP contribution in [-0.2, 0) is 26.6 Å². The number of hydrogen-bond acceptors (Lipinski definition) is 12. The Balaban J connectivity index is 0.000000120. The molecule has 10 aliphatic carbocycles. The first kappa shape index (κ1) is 68.3. The Hall–Kier alpha value is 0.171. The predicted octanol–water partition coefficient (Wildman–Crippen LogP) is 16.2. The summed E-state index contributed by atoms with van der Waals surface area (Å²) in [4.78, 5) is 0. The number of rotatable bonds is 12. The van der Waals surface area contributed by atoms with Crippen molar-refractivity contribution in [3.8, 4) is 0 Å². The molecule has 520 valence electrons. The van der Waals surface area contributed by atoms with Crippen molar-refractivity contribution in [2.45, 2.75) is 332 Å². The van der Waals surface area contributed by atoms with Crippen LogP contribution in [0.2, 0.25) is 0 Å². The lowest BCUT2D eigenvalue weighted by atomic mass is 9.69.